The number of pyridine rings is 1. The third kappa shape index (κ3) is 3.12. The number of fused-ring (bicyclic) bond motifs is 1. The molecule has 2 fully saturated rings. The number of rotatable bonds is 3. The van der Waals surface area contributed by atoms with E-state index in [0.29, 0.717) is 16.1 Å². The van der Waals surface area contributed by atoms with Gasteiger partial charge >= 0.3 is 0 Å². The van der Waals surface area contributed by atoms with Crippen molar-refractivity contribution in [3.63, 3.8) is 0 Å². The minimum atomic E-state index is -0.107. The van der Waals surface area contributed by atoms with E-state index in [2.05, 4.69) is 15.0 Å². The molecule has 3 aliphatic rings. The first-order chi connectivity index (χ1) is 15.8. The summed E-state index contributed by atoms with van der Waals surface area (Å²) in [6.45, 7) is 5.25. The lowest BCUT2D eigenvalue weighted by Gasteiger charge is -2.60. The molecule has 0 N–H and O–H groups in total. The van der Waals surface area contributed by atoms with Gasteiger partial charge in [-0.3, -0.25) is 24.2 Å². The molecule has 8 nitrogen and oxygen atoms in total. The second-order valence-electron chi connectivity index (χ2n) is 9.40. The van der Waals surface area contributed by atoms with Gasteiger partial charge in [0.1, 0.15) is 0 Å². The number of aromatic nitrogens is 3. The monoisotopic (exact) mass is 462 g/mol. The first kappa shape index (κ1) is 20.2. The van der Waals surface area contributed by atoms with E-state index in [-0.39, 0.29) is 23.3 Å². The summed E-state index contributed by atoms with van der Waals surface area (Å²) in [5, 5.41) is 4.72. The zero-order chi connectivity index (χ0) is 22.9. The van der Waals surface area contributed by atoms with Crippen LogP contribution >= 0.6 is 11.6 Å². The van der Waals surface area contributed by atoms with E-state index >= 15 is 0 Å². The van der Waals surface area contributed by atoms with Gasteiger partial charge in [-0.2, -0.15) is 5.10 Å². The molecule has 2 aromatic heterocycles. The second-order valence-corrected chi connectivity index (χ2v) is 9.84. The number of benzene rings is 1. The molecule has 0 bridgehead atoms. The lowest BCUT2D eigenvalue weighted by molar-refractivity contribution is -0.0105. The molecule has 2 amide bonds. The number of hydrogen-bond acceptors (Lipinski definition) is 5. The Morgan fingerprint density at radius 1 is 1.09 bits per heavy atom. The van der Waals surface area contributed by atoms with Gasteiger partial charge in [-0.25, -0.2) is 0 Å². The Hall–Kier alpha value is -3.39. The fraction of sp³-hybridized carbons (Fsp3) is 0.333. The van der Waals surface area contributed by atoms with Crippen molar-refractivity contribution in [3.05, 3.63) is 70.8 Å². The van der Waals surface area contributed by atoms with Crippen molar-refractivity contribution in [2.75, 3.05) is 36.0 Å². The van der Waals surface area contributed by atoms with Crippen LogP contribution in [0.25, 0.3) is 0 Å². The highest BCUT2D eigenvalue weighted by molar-refractivity contribution is 6.31. The van der Waals surface area contributed by atoms with Crippen LogP contribution < -0.4 is 9.80 Å². The molecule has 3 aliphatic heterocycles. The van der Waals surface area contributed by atoms with Crippen molar-refractivity contribution in [1.29, 1.82) is 0 Å². The number of carbonyl (C=O) groups excluding carboxylic acids is 2. The number of likely N-dealkylation sites (tertiary alicyclic amines) is 1. The highest BCUT2D eigenvalue weighted by atomic mass is 35.5. The lowest BCUT2D eigenvalue weighted by Crippen LogP contribution is -2.73. The average Bonchev–Trinajstić information content (AvgIpc) is 3.27. The standard InChI is InChI=1S/C24H23ClN6O2/c1-15-21-5-17(25)3-4-20(21)23(33)31(15)19-6-18(8-26-9-19)29-11-24(12-29)13-30(14-24)22(32)16-7-27-28(2)10-16/h3-10,15H,11-14H2,1-2H3/t15-/m0/s1. The van der Waals surface area contributed by atoms with E-state index in [4.69, 9.17) is 11.6 Å². The molecule has 1 atom stereocenters. The van der Waals surface area contributed by atoms with E-state index in [0.717, 1.165) is 43.1 Å². The Labute approximate surface area is 196 Å². The van der Waals surface area contributed by atoms with Crippen LogP contribution in [0.3, 0.4) is 0 Å². The number of halogens is 1. The third-order valence-electron chi connectivity index (χ3n) is 7.00. The number of carbonyl (C=O) groups is 2. The average molecular weight is 463 g/mol. The van der Waals surface area contributed by atoms with E-state index in [1.807, 2.05) is 37.2 Å². The third-order valence-corrected chi connectivity index (χ3v) is 7.23. The van der Waals surface area contributed by atoms with E-state index in [1.54, 1.807) is 40.3 Å². The zero-order valence-electron chi connectivity index (χ0n) is 18.4. The normalized spacial score (nSPS) is 20.6. The van der Waals surface area contributed by atoms with Gasteiger partial charge in [0, 0.05) is 55.4 Å². The van der Waals surface area contributed by atoms with Crippen molar-refractivity contribution in [2.45, 2.75) is 13.0 Å². The molecule has 0 radical (unpaired) electrons. The molecule has 0 unspecified atom stereocenters. The number of nitrogens with zero attached hydrogens (tertiary/aromatic N) is 6. The van der Waals surface area contributed by atoms with E-state index in [9.17, 15) is 9.59 Å². The van der Waals surface area contributed by atoms with Crippen LogP contribution in [-0.4, -0.2) is 57.7 Å². The molecule has 33 heavy (non-hydrogen) atoms. The van der Waals surface area contributed by atoms with Gasteiger partial charge in [0.15, 0.2) is 0 Å². The second kappa shape index (κ2) is 7.05. The highest BCUT2D eigenvalue weighted by Gasteiger charge is 2.53. The van der Waals surface area contributed by atoms with Crippen LogP contribution in [-0.2, 0) is 7.05 Å². The Morgan fingerprint density at radius 2 is 1.85 bits per heavy atom. The summed E-state index contributed by atoms with van der Waals surface area (Å²) in [5.74, 6) is 0.00814. The summed E-state index contributed by atoms with van der Waals surface area (Å²) < 4.78 is 1.65. The Kier molecular flexibility index (Phi) is 4.32. The minimum absolute atomic E-state index is 0.0308. The fourth-order valence-corrected chi connectivity index (χ4v) is 5.53. The summed E-state index contributed by atoms with van der Waals surface area (Å²) in [6.07, 6.45) is 6.94. The summed E-state index contributed by atoms with van der Waals surface area (Å²) in [4.78, 5) is 36.0. The summed E-state index contributed by atoms with van der Waals surface area (Å²) >= 11 is 6.16. The SMILES string of the molecule is C[C@H]1c2cc(Cl)ccc2C(=O)N1c1cncc(N2CC3(CN(C(=O)c4cnn(C)c4)C3)C2)c1. The minimum Gasteiger partial charge on any atom is -0.369 e. The van der Waals surface area contributed by atoms with Gasteiger partial charge in [-0.05, 0) is 36.8 Å². The number of hydrogen-bond donors (Lipinski definition) is 0. The molecular formula is C24H23ClN6O2. The molecular weight excluding hydrogens is 440 g/mol. The zero-order valence-corrected chi connectivity index (χ0v) is 19.2. The first-order valence-electron chi connectivity index (χ1n) is 10.9. The Bertz CT molecular complexity index is 1290. The predicted octanol–water partition coefficient (Wildman–Crippen LogP) is 3.15. The summed E-state index contributed by atoms with van der Waals surface area (Å²) in [6, 6.07) is 7.33. The topological polar surface area (TPSA) is 74.6 Å². The number of aryl methyl sites for hydroxylation is 1. The van der Waals surface area contributed by atoms with Crippen LogP contribution in [0.15, 0.2) is 49.1 Å². The molecule has 1 spiro atoms. The van der Waals surface area contributed by atoms with E-state index < -0.39 is 0 Å². The molecule has 9 heteroatoms. The lowest BCUT2D eigenvalue weighted by atomic mass is 9.72. The predicted molar refractivity (Wildman–Crippen MR) is 125 cm³/mol. The summed E-state index contributed by atoms with van der Waals surface area (Å²) in [5.41, 5.74) is 4.16. The van der Waals surface area contributed by atoms with E-state index in [1.165, 1.54) is 0 Å². The molecule has 2 saturated heterocycles. The van der Waals surface area contributed by atoms with Crippen LogP contribution in [0.1, 0.15) is 39.2 Å². The molecule has 3 aromatic rings. The fourth-order valence-electron chi connectivity index (χ4n) is 5.35. The van der Waals surface area contributed by atoms with Crippen molar-refractivity contribution >= 4 is 34.8 Å². The van der Waals surface area contributed by atoms with Gasteiger partial charge in [0.25, 0.3) is 11.8 Å². The molecule has 0 saturated carbocycles. The van der Waals surface area contributed by atoms with Crippen molar-refractivity contribution in [3.8, 4) is 0 Å². The van der Waals surface area contributed by atoms with Gasteiger partial charge < -0.3 is 9.80 Å². The van der Waals surface area contributed by atoms with Crippen LogP contribution in [0.5, 0.6) is 0 Å². The smallest absolute Gasteiger partial charge is 0.259 e. The molecule has 6 rings (SSSR count). The molecule has 168 valence electrons. The quantitative estimate of drug-likeness (QED) is 0.597. The van der Waals surface area contributed by atoms with Crippen molar-refractivity contribution in [2.24, 2.45) is 12.5 Å². The van der Waals surface area contributed by atoms with Crippen LogP contribution in [0, 0.1) is 5.41 Å². The van der Waals surface area contributed by atoms with Crippen LogP contribution in [0.2, 0.25) is 5.02 Å². The highest BCUT2D eigenvalue weighted by Crippen LogP contribution is 2.44. The van der Waals surface area contributed by atoms with Crippen molar-refractivity contribution in [1.82, 2.24) is 19.7 Å². The van der Waals surface area contributed by atoms with Gasteiger partial charge in [-0.15, -0.1) is 0 Å². The largest absolute Gasteiger partial charge is 0.369 e. The number of anilines is 2. The number of amides is 2. The van der Waals surface area contributed by atoms with Crippen LogP contribution in [0.4, 0.5) is 11.4 Å². The van der Waals surface area contributed by atoms with Crippen molar-refractivity contribution < 1.29 is 9.59 Å². The Morgan fingerprint density at radius 3 is 2.58 bits per heavy atom. The first-order valence-corrected chi connectivity index (χ1v) is 11.3. The molecule has 0 aliphatic carbocycles. The maximum absolute atomic E-state index is 13.1. The molecule has 5 heterocycles. The van der Waals surface area contributed by atoms with Gasteiger partial charge in [0.2, 0.25) is 0 Å². The Balaban J connectivity index is 1.14. The van der Waals surface area contributed by atoms with Gasteiger partial charge in [0.05, 0.1) is 41.6 Å². The molecule has 1 aromatic carbocycles. The maximum atomic E-state index is 13.1. The summed E-state index contributed by atoms with van der Waals surface area (Å²) in [7, 11) is 1.81. The maximum Gasteiger partial charge on any atom is 0.259 e. The van der Waals surface area contributed by atoms with Gasteiger partial charge in [-0.1, -0.05) is 11.6 Å².